The molecule has 2 aromatic heterocycles. The summed E-state index contributed by atoms with van der Waals surface area (Å²) in [5, 5.41) is 13.3. The third-order valence-corrected chi connectivity index (χ3v) is 7.43. The number of hydrogen-bond donors (Lipinski definition) is 1. The Morgan fingerprint density at radius 2 is 1.84 bits per heavy atom. The Morgan fingerprint density at radius 3 is 2.59 bits per heavy atom. The van der Waals surface area contributed by atoms with Crippen molar-refractivity contribution in [3.05, 3.63) is 47.2 Å². The van der Waals surface area contributed by atoms with E-state index in [-0.39, 0.29) is 12.0 Å². The summed E-state index contributed by atoms with van der Waals surface area (Å²) < 4.78 is 11.6. The van der Waals surface area contributed by atoms with Gasteiger partial charge in [0.15, 0.2) is 5.76 Å². The third kappa shape index (κ3) is 3.45. The number of rotatable bonds is 5. The SMILES string of the molecule is O=C(O)C1CN(C2CCc3oc(-c4nc(-c5ccc(C6CCCCC6)cc5)no4)cc32)C1. The van der Waals surface area contributed by atoms with Crippen molar-refractivity contribution < 1.29 is 18.8 Å². The average Bonchev–Trinajstić information content (AvgIpc) is 3.50. The number of aliphatic carboxylic acids is 1. The molecule has 0 radical (unpaired) electrons. The summed E-state index contributed by atoms with van der Waals surface area (Å²) >= 11 is 0. The Kier molecular flexibility index (Phi) is 4.86. The normalized spacial score (nSPS) is 22.1. The first-order chi connectivity index (χ1) is 15.7. The number of nitrogens with zero attached hydrogens (tertiary/aromatic N) is 3. The van der Waals surface area contributed by atoms with E-state index in [2.05, 4.69) is 39.3 Å². The van der Waals surface area contributed by atoms with Crippen molar-refractivity contribution in [1.29, 1.82) is 0 Å². The molecule has 1 saturated carbocycles. The van der Waals surface area contributed by atoms with Gasteiger partial charge in [-0.25, -0.2) is 0 Å². The second-order valence-corrected chi connectivity index (χ2v) is 9.41. The highest BCUT2D eigenvalue weighted by Crippen LogP contribution is 2.43. The molecule has 3 heterocycles. The Morgan fingerprint density at radius 1 is 1.06 bits per heavy atom. The van der Waals surface area contributed by atoms with Gasteiger partial charge in [-0.15, -0.1) is 0 Å². The third-order valence-electron chi connectivity index (χ3n) is 7.43. The molecule has 7 heteroatoms. The molecule has 6 rings (SSSR count). The first-order valence-electron chi connectivity index (χ1n) is 11.7. The smallest absolute Gasteiger partial charge is 0.309 e. The largest absolute Gasteiger partial charge is 0.481 e. The van der Waals surface area contributed by atoms with Crippen LogP contribution in [0, 0.1) is 5.92 Å². The van der Waals surface area contributed by atoms with Crippen molar-refractivity contribution in [3.63, 3.8) is 0 Å². The number of hydrogen-bond acceptors (Lipinski definition) is 6. The molecule has 0 bridgehead atoms. The van der Waals surface area contributed by atoms with E-state index >= 15 is 0 Å². The molecule has 1 aromatic carbocycles. The minimum Gasteiger partial charge on any atom is -0.481 e. The number of carboxylic acids is 1. The monoisotopic (exact) mass is 433 g/mol. The van der Waals surface area contributed by atoms with Crippen LogP contribution in [0.2, 0.25) is 0 Å². The number of benzene rings is 1. The summed E-state index contributed by atoms with van der Waals surface area (Å²) in [4.78, 5) is 17.9. The van der Waals surface area contributed by atoms with Gasteiger partial charge in [0.05, 0.1) is 5.92 Å². The first kappa shape index (κ1) is 19.7. The highest BCUT2D eigenvalue weighted by atomic mass is 16.5. The highest BCUT2D eigenvalue weighted by Gasteiger charge is 2.41. The van der Waals surface area contributed by atoms with E-state index in [0.717, 1.165) is 29.7 Å². The number of carbonyl (C=O) groups is 1. The predicted octanol–water partition coefficient (Wildman–Crippen LogP) is 5.05. The Bertz CT molecular complexity index is 1120. The van der Waals surface area contributed by atoms with Gasteiger partial charge in [-0.05, 0) is 36.8 Å². The molecule has 3 aromatic rings. The summed E-state index contributed by atoms with van der Waals surface area (Å²) in [6, 6.07) is 10.8. The molecular weight excluding hydrogens is 406 g/mol. The zero-order chi connectivity index (χ0) is 21.7. The average molecular weight is 434 g/mol. The molecule has 166 valence electrons. The fourth-order valence-electron chi connectivity index (χ4n) is 5.53. The van der Waals surface area contributed by atoms with E-state index in [1.54, 1.807) is 0 Å². The van der Waals surface area contributed by atoms with Crippen LogP contribution in [-0.4, -0.2) is 39.2 Å². The van der Waals surface area contributed by atoms with Gasteiger partial charge in [-0.3, -0.25) is 9.69 Å². The number of furan rings is 1. The quantitative estimate of drug-likeness (QED) is 0.602. The van der Waals surface area contributed by atoms with E-state index in [1.807, 2.05) is 6.07 Å². The van der Waals surface area contributed by atoms with Crippen molar-refractivity contribution in [1.82, 2.24) is 15.0 Å². The van der Waals surface area contributed by atoms with Crippen LogP contribution in [0.3, 0.4) is 0 Å². The van der Waals surface area contributed by atoms with Gasteiger partial charge < -0.3 is 14.0 Å². The summed E-state index contributed by atoms with van der Waals surface area (Å²) in [6.45, 7) is 1.20. The van der Waals surface area contributed by atoms with Gasteiger partial charge in [-0.2, -0.15) is 4.98 Å². The minimum atomic E-state index is -0.711. The van der Waals surface area contributed by atoms with Crippen molar-refractivity contribution in [2.24, 2.45) is 5.92 Å². The van der Waals surface area contributed by atoms with Crippen LogP contribution in [0.4, 0.5) is 0 Å². The molecule has 7 nitrogen and oxygen atoms in total. The van der Waals surface area contributed by atoms with E-state index in [4.69, 9.17) is 14.0 Å². The molecule has 0 spiro atoms. The van der Waals surface area contributed by atoms with Crippen molar-refractivity contribution >= 4 is 5.97 Å². The lowest BCUT2D eigenvalue weighted by Crippen LogP contribution is -2.51. The highest BCUT2D eigenvalue weighted by molar-refractivity contribution is 5.71. The van der Waals surface area contributed by atoms with E-state index in [0.29, 0.717) is 36.5 Å². The van der Waals surface area contributed by atoms with Gasteiger partial charge in [0.2, 0.25) is 5.82 Å². The number of aryl methyl sites for hydroxylation is 1. The Hall–Kier alpha value is -2.93. The maximum absolute atomic E-state index is 11.1. The number of carboxylic acid groups (broad SMARTS) is 1. The molecule has 2 aliphatic carbocycles. The molecule has 1 N–H and O–H groups in total. The predicted molar refractivity (Wildman–Crippen MR) is 117 cm³/mol. The zero-order valence-electron chi connectivity index (χ0n) is 18.0. The second-order valence-electron chi connectivity index (χ2n) is 9.41. The van der Waals surface area contributed by atoms with E-state index in [9.17, 15) is 4.79 Å². The molecular formula is C25H27N3O4. The Labute approximate surface area is 186 Å². The molecule has 32 heavy (non-hydrogen) atoms. The fourth-order valence-corrected chi connectivity index (χ4v) is 5.53. The number of aromatic nitrogens is 2. The van der Waals surface area contributed by atoms with Gasteiger partial charge in [0, 0.05) is 36.7 Å². The molecule has 1 atom stereocenters. The lowest BCUT2D eigenvalue weighted by Gasteiger charge is -2.41. The molecule has 1 unspecified atom stereocenters. The topological polar surface area (TPSA) is 92.6 Å². The zero-order valence-corrected chi connectivity index (χ0v) is 18.0. The van der Waals surface area contributed by atoms with Crippen LogP contribution < -0.4 is 0 Å². The summed E-state index contributed by atoms with van der Waals surface area (Å²) in [5.41, 5.74) is 3.47. The summed E-state index contributed by atoms with van der Waals surface area (Å²) in [5.74, 6) is 2.19. The molecule has 2 fully saturated rings. The van der Waals surface area contributed by atoms with Crippen LogP contribution in [0.5, 0.6) is 0 Å². The number of fused-ring (bicyclic) bond motifs is 1. The van der Waals surface area contributed by atoms with Gasteiger partial charge in [-0.1, -0.05) is 48.7 Å². The van der Waals surface area contributed by atoms with Gasteiger partial charge in [0.1, 0.15) is 5.76 Å². The van der Waals surface area contributed by atoms with Crippen LogP contribution in [0.25, 0.3) is 23.0 Å². The van der Waals surface area contributed by atoms with Crippen molar-refractivity contribution in [2.75, 3.05) is 13.1 Å². The molecule has 0 amide bonds. The summed E-state index contributed by atoms with van der Waals surface area (Å²) in [7, 11) is 0. The van der Waals surface area contributed by atoms with Crippen LogP contribution >= 0.6 is 0 Å². The molecule has 3 aliphatic rings. The first-order valence-corrected chi connectivity index (χ1v) is 11.7. The molecule has 1 aliphatic heterocycles. The van der Waals surface area contributed by atoms with Gasteiger partial charge in [0.25, 0.3) is 5.89 Å². The van der Waals surface area contributed by atoms with E-state index in [1.165, 1.54) is 37.7 Å². The second kappa shape index (κ2) is 7.89. The van der Waals surface area contributed by atoms with Crippen molar-refractivity contribution in [2.45, 2.75) is 56.9 Å². The Balaban J connectivity index is 1.17. The van der Waals surface area contributed by atoms with Crippen molar-refractivity contribution in [3.8, 4) is 23.0 Å². The van der Waals surface area contributed by atoms with Gasteiger partial charge >= 0.3 is 5.97 Å². The minimum absolute atomic E-state index is 0.216. The summed E-state index contributed by atoms with van der Waals surface area (Å²) in [6.07, 6.45) is 8.38. The van der Waals surface area contributed by atoms with Crippen LogP contribution in [0.15, 0.2) is 39.3 Å². The van der Waals surface area contributed by atoms with E-state index < -0.39 is 5.97 Å². The van der Waals surface area contributed by atoms with Crippen LogP contribution in [0.1, 0.15) is 67.4 Å². The maximum atomic E-state index is 11.1. The lowest BCUT2D eigenvalue weighted by molar-refractivity contribution is -0.148. The molecule has 1 saturated heterocycles. The maximum Gasteiger partial charge on any atom is 0.309 e. The lowest BCUT2D eigenvalue weighted by atomic mass is 9.84. The van der Waals surface area contributed by atoms with Crippen LogP contribution in [-0.2, 0) is 11.2 Å². The standard InChI is InChI=1S/C25H27N3O4/c29-25(30)18-13-28(14-18)20-10-11-21-19(20)12-22(31-21)24-26-23(27-32-24)17-8-6-16(7-9-17)15-4-2-1-3-5-15/h6-9,12,15,18,20H,1-5,10-11,13-14H2,(H,29,30). The number of likely N-dealkylation sites (tertiary alicyclic amines) is 1. The fraction of sp³-hybridized carbons (Fsp3) is 0.480.